The van der Waals surface area contributed by atoms with Crippen LogP contribution in [0.2, 0.25) is 0 Å². The van der Waals surface area contributed by atoms with E-state index in [1.165, 1.54) is 15.6 Å². The lowest BCUT2D eigenvalue weighted by molar-refractivity contribution is 1.28. The average molecular weight is 418 g/mol. The molecule has 3 nitrogen and oxygen atoms in total. The molecule has 0 aliphatic carbocycles. The number of allylic oxidation sites excluding steroid dienone is 3. The molecule has 0 fully saturated rings. The third-order valence-electron chi connectivity index (χ3n) is 4.93. The van der Waals surface area contributed by atoms with Crippen LogP contribution in [0.1, 0.15) is 23.6 Å². The smallest absolute Gasteiger partial charge is 0.0991 e. The van der Waals surface area contributed by atoms with Crippen LogP contribution in [0.5, 0.6) is 0 Å². The Labute approximate surface area is 186 Å². The lowest BCUT2D eigenvalue weighted by Gasteiger charge is -2.25. The number of nitriles is 2. The number of rotatable bonds is 5. The molecule has 4 heteroatoms. The minimum Gasteiger partial charge on any atom is -0.310 e. The zero-order valence-corrected chi connectivity index (χ0v) is 17.8. The van der Waals surface area contributed by atoms with Gasteiger partial charge in [0.1, 0.15) is 0 Å². The van der Waals surface area contributed by atoms with Gasteiger partial charge in [-0.2, -0.15) is 10.5 Å². The third-order valence-corrected chi connectivity index (χ3v) is 5.92. The van der Waals surface area contributed by atoms with Crippen LogP contribution in [0, 0.1) is 22.7 Å². The van der Waals surface area contributed by atoms with Crippen LogP contribution in [0.4, 0.5) is 17.1 Å². The normalized spacial score (nSPS) is 11.1. The molecule has 1 aromatic heterocycles. The number of thiophene rings is 1. The van der Waals surface area contributed by atoms with E-state index in [1.807, 2.05) is 73.7 Å². The topological polar surface area (TPSA) is 50.8 Å². The summed E-state index contributed by atoms with van der Waals surface area (Å²) in [5.41, 5.74) is 5.33. The van der Waals surface area contributed by atoms with Crippen LogP contribution in [-0.2, 0) is 0 Å². The Hall–Kier alpha value is -4.12. The summed E-state index contributed by atoms with van der Waals surface area (Å²) in [6, 6.07) is 25.8. The molecule has 0 N–H and O–H groups in total. The maximum absolute atomic E-state index is 9.17. The minimum absolute atomic E-state index is 0.619. The summed E-state index contributed by atoms with van der Waals surface area (Å²) in [4.78, 5) is 2.14. The molecular formula is C27H19N3S. The van der Waals surface area contributed by atoms with Gasteiger partial charge in [0.05, 0.1) is 23.3 Å². The lowest BCUT2D eigenvalue weighted by Crippen LogP contribution is -2.09. The Morgan fingerprint density at radius 1 is 0.774 bits per heavy atom. The van der Waals surface area contributed by atoms with Crippen LogP contribution < -0.4 is 4.90 Å². The predicted molar refractivity (Wildman–Crippen MR) is 130 cm³/mol. The zero-order chi connectivity index (χ0) is 21.6. The van der Waals surface area contributed by atoms with Crippen LogP contribution in [0.3, 0.4) is 0 Å². The second kappa shape index (κ2) is 9.13. The van der Waals surface area contributed by atoms with Gasteiger partial charge in [0.15, 0.2) is 0 Å². The highest BCUT2D eigenvalue weighted by molar-refractivity contribution is 7.17. The van der Waals surface area contributed by atoms with E-state index in [2.05, 4.69) is 46.7 Å². The Bertz CT molecular complexity index is 1290. The number of fused-ring (bicyclic) bond motifs is 1. The first kappa shape index (κ1) is 20.2. The van der Waals surface area contributed by atoms with Crippen molar-refractivity contribution in [2.24, 2.45) is 0 Å². The van der Waals surface area contributed by atoms with Crippen molar-refractivity contribution < 1.29 is 0 Å². The van der Waals surface area contributed by atoms with Crippen molar-refractivity contribution in [1.82, 2.24) is 0 Å². The highest BCUT2D eigenvalue weighted by Crippen LogP contribution is 2.38. The first-order valence-electron chi connectivity index (χ1n) is 9.84. The van der Waals surface area contributed by atoms with Crippen molar-refractivity contribution in [3.8, 4) is 12.1 Å². The minimum atomic E-state index is 0.619. The van der Waals surface area contributed by atoms with Crippen LogP contribution in [0.15, 0.2) is 90.3 Å². The molecule has 1 heterocycles. The van der Waals surface area contributed by atoms with Gasteiger partial charge in [-0.3, -0.25) is 0 Å². The predicted octanol–water partition coefficient (Wildman–Crippen LogP) is 7.70. The molecule has 4 rings (SSSR count). The van der Waals surface area contributed by atoms with E-state index in [0.717, 1.165) is 17.1 Å². The monoisotopic (exact) mass is 417 g/mol. The molecule has 0 saturated carbocycles. The summed E-state index contributed by atoms with van der Waals surface area (Å²) in [6.45, 7) is 2.00. The van der Waals surface area contributed by atoms with Gasteiger partial charge in [0.2, 0.25) is 0 Å². The quantitative estimate of drug-likeness (QED) is 0.313. The second-order valence-electron chi connectivity index (χ2n) is 6.91. The Kier molecular flexibility index (Phi) is 5.94. The maximum Gasteiger partial charge on any atom is 0.0991 e. The highest BCUT2D eigenvalue weighted by Gasteiger charge is 2.14. The largest absolute Gasteiger partial charge is 0.310 e. The maximum atomic E-state index is 9.17. The SMILES string of the molecule is C/C=C\C=C/c1csc2ccc(N(c3ccc(C#N)cc3)c3ccc(C#N)cc3)cc12. The van der Waals surface area contributed by atoms with E-state index in [4.69, 9.17) is 10.5 Å². The first-order chi connectivity index (χ1) is 15.2. The fourth-order valence-corrected chi connectivity index (χ4v) is 4.30. The summed E-state index contributed by atoms with van der Waals surface area (Å²) in [5.74, 6) is 0. The molecule has 0 saturated heterocycles. The van der Waals surface area contributed by atoms with Gasteiger partial charge in [-0.25, -0.2) is 0 Å². The van der Waals surface area contributed by atoms with Crippen LogP contribution in [0.25, 0.3) is 16.2 Å². The Morgan fingerprint density at radius 3 is 1.90 bits per heavy atom. The van der Waals surface area contributed by atoms with Gasteiger partial charge >= 0.3 is 0 Å². The molecule has 0 aliphatic heterocycles. The molecule has 0 amide bonds. The summed E-state index contributed by atoms with van der Waals surface area (Å²) < 4.78 is 1.23. The van der Waals surface area contributed by atoms with Gasteiger partial charge in [0, 0.05) is 27.1 Å². The van der Waals surface area contributed by atoms with Gasteiger partial charge in [-0.1, -0.05) is 24.3 Å². The Balaban J connectivity index is 1.85. The standard InChI is InChI=1S/C27H19N3S/c1-2-3-4-5-22-19-31-27-15-14-25(16-26(22)27)30(23-10-6-20(17-28)7-11-23)24-12-8-21(18-29)9-13-24/h2-16,19H,1H3/b3-2-,5-4-. The summed E-state index contributed by atoms with van der Waals surface area (Å²) in [7, 11) is 0. The van der Waals surface area contributed by atoms with Crippen molar-refractivity contribution in [1.29, 1.82) is 10.5 Å². The molecule has 4 aromatic rings. The highest BCUT2D eigenvalue weighted by atomic mass is 32.1. The molecule has 0 radical (unpaired) electrons. The van der Waals surface area contributed by atoms with E-state index in [-0.39, 0.29) is 0 Å². The number of hydrogen-bond donors (Lipinski definition) is 0. The second-order valence-corrected chi connectivity index (χ2v) is 7.82. The molecule has 31 heavy (non-hydrogen) atoms. The molecule has 0 bridgehead atoms. The fourth-order valence-electron chi connectivity index (χ4n) is 3.39. The van der Waals surface area contributed by atoms with Gasteiger partial charge in [-0.05, 0) is 84.6 Å². The van der Waals surface area contributed by atoms with E-state index in [0.29, 0.717) is 11.1 Å². The number of nitrogens with zero attached hydrogens (tertiary/aromatic N) is 3. The number of hydrogen-bond acceptors (Lipinski definition) is 4. The number of anilines is 3. The van der Waals surface area contributed by atoms with Gasteiger partial charge in [0.25, 0.3) is 0 Å². The van der Waals surface area contributed by atoms with Crippen molar-refractivity contribution in [3.63, 3.8) is 0 Å². The van der Waals surface area contributed by atoms with E-state index in [1.54, 1.807) is 11.3 Å². The molecule has 0 unspecified atom stereocenters. The van der Waals surface area contributed by atoms with Crippen molar-refractivity contribution in [2.75, 3.05) is 4.90 Å². The summed E-state index contributed by atoms with van der Waals surface area (Å²) in [5, 5.41) is 21.7. The number of benzene rings is 3. The van der Waals surface area contributed by atoms with E-state index >= 15 is 0 Å². The molecule has 0 atom stereocenters. The third kappa shape index (κ3) is 4.26. The van der Waals surface area contributed by atoms with Crippen LogP contribution in [-0.4, -0.2) is 0 Å². The van der Waals surface area contributed by atoms with Gasteiger partial charge < -0.3 is 4.90 Å². The van der Waals surface area contributed by atoms with E-state index < -0.39 is 0 Å². The molecule has 148 valence electrons. The molecule has 0 aliphatic rings. The zero-order valence-electron chi connectivity index (χ0n) is 17.0. The van der Waals surface area contributed by atoms with Crippen molar-refractivity contribution in [3.05, 3.63) is 107 Å². The average Bonchev–Trinajstić information content (AvgIpc) is 3.23. The summed E-state index contributed by atoms with van der Waals surface area (Å²) >= 11 is 1.73. The Morgan fingerprint density at radius 2 is 1.35 bits per heavy atom. The first-order valence-corrected chi connectivity index (χ1v) is 10.7. The van der Waals surface area contributed by atoms with Crippen molar-refractivity contribution in [2.45, 2.75) is 6.92 Å². The fraction of sp³-hybridized carbons (Fsp3) is 0.0370. The van der Waals surface area contributed by atoms with Crippen molar-refractivity contribution >= 4 is 44.6 Å². The lowest BCUT2D eigenvalue weighted by atomic mass is 10.1. The van der Waals surface area contributed by atoms with Crippen LogP contribution >= 0.6 is 11.3 Å². The van der Waals surface area contributed by atoms with E-state index in [9.17, 15) is 0 Å². The van der Waals surface area contributed by atoms with Gasteiger partial charge in [-0.15, -0.1) is 11.3 Å². The summed E-state index contributed by atoms with van der Waals surface area (Å²) in [6.07, 6.45) is 8.20. The molecule has 3 aromatic carbocycles. The molecular weight excluding hydrogens is 398 g/mol. The molecule has 0 spiro atoms.